The van der Waals surface area contributed by atoms with Gasteiger partial charge in [-0.2, -0.15) is 13.2 Å². The molecule has 0 saturated carbocycles. The predicted molar refractivity (Wildman–Crippen MR) is 47.3 cm³/mol. The minimum absolute atomic E-state index is 0.0420. The van der Waals surface area contributed by atoms with Gasteiger partial charge in [0.15, 0.2) is 0 Å². The Balaban J connectivity index is 4.20. The lowest BCUT2D eigenvalue weighted by molar-refractivity contribution is -0.250. The van der Waals surface area contributed by atoms with Gasteiger partial charge in [-0.05, 0) is 11.8 Å². The Bertz CT molecular complexity index is 130. The van der Waals surface area contributed by atoms with Crippen molar-refractivity contribution in [1.29, 1.82) is 0 Å². The van der Waals surface area contributed by atoms with Crippen LogP contribution in [0.15, 0.2) is 0 Å². The summed E-state index contributed by atoms with van der Waals surface area (Å²) in [6, 6.07) is 0. The van der Waals surface area contributed by atoms with Crippen molar-refractivity contribution in [2.45, 2.75) is 34.0 Å². The smallest absolute Gasteiger partial charge is 0.214 e. The monoisotopic (exact) mass is 197 g/mol. The number of halogens is 3. The maximum Gasteiger partial charge on any atom is 0.459 e. The predicted octanol–water partition coefficient (Wildman–Crippen LogP) is 3.12. The Hall–Kier alpha value is -0.250. The molecule has 0 aliphatic heterocycles. The highest BCUT2D eigenvalue weighted by atomic mass is 19.4. The van der Waals surface area contributed by atoms with E-state index in [-0.39, 0.29) is 24.9 Å². The van der Waals surface area contributed by atoms with Gasteiger partial charge in [-0.25, -0.2) is 4.90 Å². The van der Waals surface area contributed by atoms with Gasteiger partial charge in [-0.1, -0.05) is 27.7 Å². The van der Waals surface area contributed by atoms with Gasteiger partial charge < -0.3 is 0 Å². The summed E-state index contributed by atoms with van der Waals surface area (Å²) in [4.78, 5) is 0.586. The van der Waals surface area contributed by atoms with Crippen LogP contribution in [-0.4, -0.2) is 24.3 Å². The lowest BCUT2D eigenvalue weighted by atomic mass is 10.1. The molecular formula is C9H18F3N. The first-order chi connectivity index (χ1) is 5.73. The second-order valence-corrected chi connectivity index (χ2v) is 4.16. The van der Waals surface area contributed by atoms with Crippen LogP contribution in [0, 0.1) is 11.8 Å². The van der Waals surface area contributed by atoms with Gasteiger partial charge in [-0.15, -0.1) is 0 Å². The first kappa shape index (κ1) is 12.8. The third-order valence-electron chi connectivity index (χ3n) is 1.53. The molecule has 0 aliphatic carbocycles. The fourth-order valence-corrected chi connectivity index (χ4v) is 1.16. The third-order valence-corrected chi connectivity index (χ3v) is 1.53. The van der Waals surface area contributed by atoms with E-state index in [4.69, 9.17) is 0 Å². The van der Waals surface area contributed by atoms with Gasteiger partial charge in [-0.3, -0.25) is 0 Å². The van der Waals surface area contributed by atoms with E-state index in [0.717, 1.165) is 0 Å². The SMILES string of the molecule is CC(C)CN(CC(C)C)C(F)(F)F. The number of hydrogen-bond donors (Lipinski definition) is 0. The number of alkyl halides is 3. The normalized spacial score (nSPS) is 13.4. The zero-order chi connectivity index (χ0) is 10.6. The summed E-state index contributed by atoms with van der Waals surface area (Å²) in [7, 11) is 0. The van der Waals surface area contributed by atoms with Crippen LogP contribution in [0.2, 0.25) is 0 Å². The summed E-state index contributed by atoms with van der Waals surface area (Å²) < 4.78 is 37.1. The summed E-state index contributed by atoms with van der Waals surface area (Å²) in [6.07, 6.45) is -4.19. The average molecular weight is 197 g/mol. The Morgan fingerprint density at radius 2 is 1.23 bits per heavy atom. The quantitative estimate of drug-likeness (QED) is 0.626. The molecule has 0 atom stereocenters. The van der Waals surface area contributed by atoms with Gasteiger partial charge >= 0.3 is 6.30 Å². The average Bonchev–Trinajstić information content (AvgIpc) is 1.81. The van der Waals surface area contributed by atoms with Crippen LogP contribution in [0.1, 0.15) is 27.7 Å². The number of nitrogens with zero attached hydrogens (tertiary/aromatic N) is 1. The van der Waals surface area contributed by atoms with Crippen LogP contribution >= 0.6 is 0 Å². The molecule has 0 N–H and O–H groups in total. The van der Waals surface area contributed by atoms with Gasteiger partial charge in [0.05, 0.1) is 0 Å². The lowest BCUT2D eigenvalue weighted by Crippen LogP contribution is -2.42. The first-order valence-corrected chi connectivity index (χ1v) is 4.55. The molecule has 0 unspecified atom stereocenters. The van der Waals surface area contributed by atoms with Gasteiger partial charge in [0.1, 0.15) is 0 Å². The van der Waals surface area contributed by atoms with Crippen molar-refractivity contribution < 1.29 is 13.2 Å². The lowest BCUT2D eigenvalue weighted by Gasteiger charge is -2.27. The molecule has 0 aromatic carbocycles. The van der Waals surface area contributed by atoms with Crippen molar-refractivity contribution in [3.05, 3.63) is 0 Å². The van der Waals surface area contributed by atoms with Crippen LogP contribution in [0.4, 0.5) is 13.2 Å². The van der Waals surface area contributed by atoms with Gasteiger partial charge in [0, 0.05) is 13.1 Å². The highest BCUT2D eigenvalue weighted by molar-refractivity contribution is 4.64. The van der Waals surface area contributed by atoms with Crippen molar-refractivity contribution >= 4 is 0 Å². The fourth-order valence-electron chi connectivity index (χ4n) is 1.16. The van der Waals surface area contributed by atoms with E-state index in [1.165, 1.54) is 0 Å². The Labute approximate surface area is 77.9 Å². The van der Waals surface area contributed by atoms with E-state index in [2.05, 4.69) is 0 Å². The van der Waals surface area contributed by atoms with Crippen molar-refractivity contribution in [3.8, 4) is 0 Å². The first-order valence-electron chi connectivity index (χ1n) is 4.55. The molecule has 0 aliphatic rings. The molecule has 13 heavy (non-hydrogen) atoms. The van der Waals surface area contributed by atoms with E-state index < -0.39 is 6.30 Å². The maximum absolute atomic E-state index is 12.4. The van der Waals surface area contributed by atoms with Gasteiger partial charge in [0.2, 0.25) is 0 Å². The van der Waals surface area contributed by atoms with Crippen molar-refractivity contribution in [2.75, 3.05) is 13.1 Å². The highest BCUT2D eigenvalue weighted by Gasteiger charge is 2.37. The Kier molecular flexibility index (Phi) is 4.75. The molecular weight excluding hydrogens is 179 g/mol. The summed E-state index contributed by atoms with van der Waals surface area (Å²) in [6.45, 7) is 7.33. The van der Waals surface area contributed by atoms with E-state index in [0.29, 0.717) is 4.90 Å². The molecule has 0 aromatic rings. The van der Waals surface area contributed by atoms with Crippen LogP contribution in [0.25, 0.3) is 0 Å². The van der Waals surface area contributed by atoms with Crippen LogP contribution in [0.5, 0.6) is 0 Å². The van der Waals surface area contributed by atoms with Crippen molar-refractivity contribution in [1.82, 2.24) is 4.90 Å². The summed E-state index contributed by atoms with van der Waals surface area (Å²) in [5.74, 6) is 0.0840. The summed E-state index contributed by atoms with van der Waals surface area (Å²) >= 11 is 0. The molecule has 0 spiro atoms. The van der Waals surface area contributed by atoms with E-state index in [9.17, 15) is 13.2 Å². The van der Waals surface area contributed by atoms with E-state index in [1.54, 1.807) is 27.7 Å². The molecule has 0 saturated heterocycles. The molecule has 0 fully saturated rings. The summed E-state index contributed by atoms with van der Waals surface area (Å²) in [5, 5.41) is 0. The molecule has 1 nitrogen and oxygen atoms in total. The van der Waals surface area contributed by atoms with E-state index in [1.807, 2.05) is 0 Å². The topological polar surface area (TPSA) is 3.24 Å². The number of rotatable bonds is 4. The molecule has 0 radical (unpaired) electrons. The molecule has 0 amide bonds. The van der Waals surface area contributed by atoms with E-state index >= 15 is 0 Å². The zero-order valence-electron chi connectivity index (χ0n) is 8.65. The molecule has 0 aromatic heterocycles. The largest absolute Gasteiger partial charge is 0.459 e. The second kappa shape index (κ2) is 4.84. The second-order valence-electron chi connectivity index (χ2n) is 4.16. The number of hydrogen-bond acceptors (Lipinski definition) is 1. The highest BCUT2D eigenvalue weighted by Crippen LogP contribution is 2.23. The van der Waals surface area contributed by atoms with Crippen molar-refractivity contribution in [3.63, 3.8) is 0 Å². The molecule has 0 heterocycles. The Morgan fingerprint density at radius 3 is 1.38 bits per heavy atom. The van der Waals surface area contributed by atoms with Crippen LogP contribution in [0.3, 0.4) is 0 Å². The standard InChI is InChI=1S/C9H18F3N/c1-7(2)5-13(6-8(3)4)9(10,11)12/h7-8H,5-6H2,1-4H3. The Morgan fingerprint density at radius 1 is 0.923 bits per heavy atom. The maximum atomic E-state index is 12.4. The van der Waals surface area contributed by atoms with Gasteiger partial charge in [0.25, 0.3) is 0 Å². The van der Waals surface area contributed by atoms with Crippen LogP contribution in [-0.2, 0) is 0 Å². The molecule has 0 rings (SSSR count). The third kappa shape index (κ3) is 5.91. The molecule has 80 valence electrons. The molecule has 0 bridgehead atoms. The molecule has 4 heteroatoms. The zero-order valence-corrected chi connectivity index (χ0v) is 8.65. The minimum Gasteiger partial charge on any atom is -0.214 e. The van der Waals surface area contributed by atoms with Crippen LogP contribution < -0.4 is 0 Å². The minimum atomic E-state index is -4.19. The van der Waals surface area contributed by atoms with Crippen molar-refractivity contribution in [2.24, 2.45) is 11.8 Å². The fraction of sp³-hybridized carbons (Fsp3) is 1.00. The summed E-state index contributed by atoms with van der Waals surface area (Å²) in [5.41, 5.74) is 0.